The van der Waals surface area contributed by atoms with E-state index in [1.807, 2.05) is 38.1 Å². The summed E-state index contributed by atoms with van der Waals surface area (Å²) in [4.78, 5) is 9.19. The quantitative estimate of drug-likeness (QED) is 0.301. The molecule has 0 N–H and O–H groups in total. The second kappa shape index (κ2) is 7.75. The number of aromatic nitrogens is 4. The fourth-order valence-corrected chi connectivity index (χ4v) is 4.22. The molecule has 2 aromatic heterocycles. The molecule has 28 heavy (non-hydrogen) atoms. The first-order valence-electron chi connectivity index (χ1n) is 8.99. The minimum absolute atomic E-state index is 0.528. The van der Waals surface area contributed by atoms with Gasteiger partial charge in [0.2, 0.25) is 0 Å². The summed E-state index contributed by atoms with van der Waals surface area (Å²) in [6.07, 6.45) is 1.99. The molecule has 0 amide bonds. The molecule has 4 rings (SSSR count). The molecule has 0 unspecified atom stereocenters. The molecule has 0 aliphatic carbocycles. The molecule has 0 saturated heterocycles. The zero-order chi connectivity index (χ0) is 20.0. The fourth-order valence-electron chi connectivity index (χ4n) is 3.59. The third-order valence-electron chi connectivity index (χ3n) is 4.98. The number of halogens is 4. The lowest BCUT2D eigenvalue weighted by atomic mass is 10.2. The van der Waals surface area contributed by atoms with Crippen LogP contribution < -0.4 is 0 Å². The van der Waals surface area contributed by atoms with E-state index in [9.17, 15) is 0 Å². The van der Waals surface area contributed by atoms with Gasteiger partial charge in [-0.05, 0) is 51.0 Å². The number of hydrogen-bond donors (Lipinski definition) is 0. The predicted molar refractivity (Wildman–Crippen MR) is 118 cm³/mol. The number of rotatable bonds is 5. The molecule has 4 aromatic rings. The van der Waals surface area contributed by atoms with Gasteiger partial charge in [-0.2, -0.15) is 0 Å². The lowest BCUT2D eigenvalue weighted by Crippen LogP contribution is -2.04. The van der Waals surface area contributed by atoms with Crippen LogP contribution in [0.3, 0.4) is 0 Å². The van der Waals surface area contributed by atoms with Crippen molar-refractivity contribution in [3.05, 3.63) is 56.0 Å². The Kier molecular flexibility index (Phi) is 5.49. The Hall–Kier alpha value is -1.46. The molecule has 4 nitrogen and oxygen atoms in total. The van der Waals surface area contributed by atoms with Crippen LogP contribution in [0.4, 0.5) is 0 Å². The molecule has 0 spiro atoms. The number of aryl methyl sites for hydroxylation is 4. The van der Waals surface area contributed by atoms with Crippen LogP contribution in [-0.4, -0.2) is 19.1 Å². The molecule has 0 fully saturated rings. The standard InChI is InChI=1S/C20H18Cl4N4/c1-11-25-17-7-13(21)15(23)9-19(17)27(11)5-3-4-6-28-12(2)26-18-8-14(22)16(24)10-20(18)28/h7-10H,3-6H2,1-2H3. The summed E-state index contributed by atoms with van der Waals surface area (Å²) in [5, 5.41) is 2.15. The Morgan fingerprint density at radius 3 is 1.39 bits per heavy atom. The predicted octanol–water partition coefficient (Wildman–Crippen LogP) is 7.10. The van der Waals surface area contributed by atoms with Crippen molar-refractivity contribution >= 4 is 68.5 Å². The maximum absolute atomic E-state index is 6.19. The molecular formula is C20H18Cl4N4. The zero-order valence-corrected chi connectivity index (χ0v) is 18.5. The zero-order valence-electron chi connectivity index (χ0n) is 15.4. The number of nitrogens with zero attached hydrogens (tertiary/aromatic N) is 4. The van der Waals surface area contributed by atoms with Crippen LogP contribution in [0, 0.1) is 13.8 Å². The van der Waals surface area contributed by atoms with Crippen LogP contribution in [-0.2, 0) is 13.1 Å². The highest BCUT2D eigenvalue weighted by Gasteiger charge is 2.12. The Balaban J connectivity index is 1.50. The van der Waals surface area contributed by atoms with Crippen LogP contribution in [0.1, 0.15) is 24.5 Å². The number of hydrogen-bond acceptors (Lipinski definition) is 2. The summed E-state index contributed by atoms with van der Waals surface area (Å²) >= 11 is 24.6. The van der Waals surface area contributed by atoms with Gasteiger partial charge in [-0.1, -0.05) is 46.4 Å². The maximum Gasteiger partial charge on any atom is 0.106 e. The normalized spacial score (nSPS) is 11.8. The van der Waals surface area contributed by atoms with Gasteiger partial charge in [0.05, 0.1) is 42.2 Å². The highest BCUT2D eigenvalue weighted by atomic mass is 35.5. The Labute approximate surface area is 183 Å². The maximum atomic E-state index is 6.19. The first-order valence-corrected chi connectivity index (χ1v) is 10.5. The monoisotopic (exact) mass is 454 g/mol. The van der Waals surface area contributed by atoms with Crippen LogP contribution in [0.5, 0.6) is 0 Å². The first kappa shape index (κ1) is 19.8. The van der Waals surface area contributed by atoms with E-state index in [0.29, 0.717) is 20.1 Å². The fraction of sp³-hybridized carbons (Fsp3) is 0.300. The first-order chi connectivity index (χ1) is 13.3. The number of benzene rings is 2. The molecule has 0 saturated carbocycles. The summed E-state index contributed by atoms with van der Waals surface area (Å²) in [7, 11) is 0. The van der Waals surface area contributed by atoms with E-state index in [-0.39, 0.29) is 0 Å². The lowest BCUT2D eigenvalue weighted by molar-refractivity contribution is 0.553. The van der Waals surface area contributed by atoms with Gasteiger partial charge in [0, 0.05) is 13.1 Å². The van der Waals surface area contributed by atoms with Crippen molar-refractivity contribution in [3.63, 3.8) is 0 Å². The van der Waals surface area contributed by atoms with E-state index in [1.165, 1.54) is 0 Å². The van der Waals surface area contributed by atoms with Crippen molar-refractivity contribution in [2.45, 2.75) is 39.8 Å². The molecule has 0 aliphatic rings. The summed E-state index contributed by atoms with van der Waals surface area (Å²) in [6.45, 7) is 5.72. The minimum Gasteiger partial charge on any atom is -0.328 e. The highest BCUT2D eigenvalue weighted by molar-refractivity contribution is 6.43. The highest BCUT2D eigenvalue weighted by Crippen LogP contribution is 2.30. The van der Waals surface area contributed by atoms with E-state index >= 15 is 0 Å². The number of imidazole rings is 2. The van der Waals surface area contributed by atoms with Crippen molar-refractivity contribution in [1.29, 1.82) is 0 Å². The van der Waals surface area contributed by atoms with Gasteiger partial charge in [-0.15, -0.1) is 0 Å². The summed E-state index contributed by atoms with van der Waals surface area (Å²) in [6, 6.07) is 7.41. The van der Waals surface area contributed by atoms with Gasteiger partial charge in [0.1, 0.15) is 11.6 Å². The van der Waals surface area contributed by atoms with Crippen molar-refractivity contribution in [3.8, 4) is 0 Å². The van der Waals surface area contributed by atoms with Gasteiger partial charge < -0.3 is 9.13 Å². The van der Waals surface area contributed by atoms with Crippen LogP contribution in [0.2, 0.25) is 20.1 Å². The molecule has 146 valence electrons. The van der Waals surface area contributed by atoms with E-state index in [0.717, 1.165) is 59.6 Å². The summed E-state index contributed by atoms with van der Waals surface area (Å²) in [5.41, 5.74) is 3.76. The smallest absolute Gasteiger partial charge is 0.106 e. The Morgan fingerprint density at radius 1 is 0.643 bits per heavy atom. The SMILES string of the molecule is Cc1nc2cc(Cl)c(Cl)cc2n1CCCCn1c(C)nc2cc(Cl)c(Cl)cc21. The average molecular weight is 456 g/mol. The van der Waals surface area contributed by atoms with Gasteiger partial charge in [-0.25, -0.2) is 9.97 Å². The second-order valence-electron chi connectivity index (χ2n) is 6.84. The van der Waals surface area contributed by atoms with Crippen LogP contribution in [0.25, 0.3) is 22.1 Å². The molecule has 8 heteroatoms. The molecule has 2 heterocycles. The van der Waals surface area contributed by atoms with E-state index in [2.05, 4.69) is 19.1 Å². The van der Waals surface area contributed by atoms with Gasteiger partial charge in [0.25, 0.3) is 0 Å². The van der Waals surface area contributed by atoms with Crippen LogP contribution in [0.15, 0.2) is 24.3 Å². The number of unbranched alkanes of at least 4 members (excludes halogenated alkanes) is 1. The molecule has 2 aromatic carbocycles. The average Bonchev–Trinajstić information content (AvgIpc) is 3.09. The molecular weight excluding hydrogens is 438 g/mol. The van der Waals surface area contributed by atoms with Gasteiger partial charge >= 0.3 is 0 Å². The molecule has 0 atom stereocenters. The Morgan fingerprint density at radius 2 is 1.00 bits per heavy atom. The minimum atomic E-state index is 0.528. The third kappa shape index (κ3) is 3.59. The largest absolute Gasteiger partial charge is 0.328 e. The van der Waals surface area contributed by atoms with Crippen molar-refractivity contribution < 1.29 is 0 Å². The molecule has 0 aliphatic heterocycles. The van der Waals surface area contributed by atoms with E-state index in [4.69, 9.17) is 46.4 Å². The molecule has 0 bridgehead atoms. The van der Waals surface area contributed by atoms with E-state index in [1.54, 1.807) is 0 Å². The summed E-state index contributed by atoms with van der Waals surface area (Å²) in [5.74, 6) is 1.91. The van der Waals surface area contributed by atoms with Crippen molar-refractivity contribution in [2.24, 2.45) is 0 Å². The summed E-state index contributed by atoms with van der Waals surface area (Å²) < 4.78 is 4.38. The van der Waals surface area contributed by atoms with Crippen molar-refractivity contribution in [1.82, 2.24) is 19.1 Å². The van der Waals surface area contributed by atoms with Gasteiger partial charge in [0.15, 0.2) is 0 Å². The van der Waals surface area contributed by atoms with Crippen molar-refractivity contribution in [2.75, 3.05) is 0 Å². The molecule has 0 radical (unpaired) electrons. The number of fused-ring (bicyclic) bond motifs is 2. The lowest BCUT2D eigenvalue weighted by Gasteiger charge is -2.10. The van der Waals surface area contributed by atoms with Gasteiger partial charge in [-0.3, -0.25) is 0 Å². The van der Waals surface area contributed by atoms with E-state index < -0.39 is 0 Å². The third-order valence-corrected chi connectivity index (χ3v) is 6.42. The Bertz CT molecular complexity index is 1100. The van der Waals surface area contributed by atoms with Crippen LogP contribution >= 0.6 is 46.4 Å². The second-order valence-corrected chi connectivity index (χ2v) is 8.47. The topological polar surface area (TPSA) is 35.6 Å².